The molecule has 2 rings (SSSR count). The van der Waals surface area contributed by atoms with Gasteiger partial charge in [0.2, 0.25) is 5.88 Å². The number of aromatic nitrogens is 2. The zero-order chi connectivity index (χ0) is 13.0. The number of hydrogen-bond donors (Lipinski definition) is 1. The van der Waals surface area contributed by atoms with Gasteiger partial charge in [-0.3, -0.25) is 0 Å². The van der Waals surface area contributed by atoms with Crippen LogP contribution in [0.3, 0.4) is 0 Å². The Balaban J connectivity index is 2.10. The molecule has 0 fully saturated rings. The predicted octanol–water partition coefficient (Wildman–Crippen LogP) is 2.47. The smallest absolute Gasteiger partial charge is 0.237 e. The summed E-state index contributed by atoms with van der Waals surface area (Å²) in [6.07, 6.45) is 4.00. The second-order valence-electron chi connectivity index (χ2n) is 3.70. The number of thiocarbonyl (C=S) groups is 1. The van der Waals surface area contributed by atoms with Crippen LogP contribution in [0.1, 0.15) is 18.2 Å². The number of benzene rings is 1. The third kappa shape index (κ3) is 3.01. The summed E-state index contributed by atoms with van der Waals surface area (Å²) in [5.74, 6) is 1.14. The Bertz CT molecular complexity index is 537. The van der Waals surface area contributed by atoms with Crippen LogP contribution in [-0.2, 0) is 6.42 Å². The van der Waals surface area contributed by atoms with E-state index >= 15 is 0 Å². The maximum Gasteiger partial charge on any atom is 0.237 e. The highest BCUT2D eigenvalue weighted by molar-refractivity contribution is 7.80. The minimum Gasteiger partial charge on any atom is -0.438 e. The molecule has 0 unspecified atom stereocenters. The van der Waals surface area contributed by atoms with Gasteiger partial charge in [-0.2, -0.15) is 0 Å². The molecule has 1 aromatic carbocycles. The highest BCUT2D eigenvalue weighted by Gasteiger charge is 2.02. The van der Waals surface area contributed by atoms with Gasteiger partial charge in [-0.05, 0) is 24.1 Å². The van der Waals surface area contributed by atoms with E-state index in [1.54, 1.807) is 0 Å². The fourth-order valence-electron chi connectivity index (χ4n) is 1.41. The van der Waals surface area contributed by atoms with E-state index in [0.29, 0.717) is 11.6 Å². The van der Waals surface area contributed by atoms with Crippen molar-refractivity contribution >= 4 is 17.2 Å². The third-order valence-corrected chi connectivity index (χ3v) is 2.64. The maximum absolute atomic E-state index is 5.55. The molecule has 0 saturated carbocycles. The Morgan fingerprint density at radius 2 is 1.94 bits per heavy atom. The van der Waals surface area contributed by atoms with Crippen molar-refractivity contribution in [2.24, 2.45) is 5.73 Å². The number of rotatable bonds is 4. The summed E-state index contributed by atoms with van der Waals surface area (Å²) in [5, 5.41) is 0. The predicted molar refractivity (Wildman–Crippen MR) is 73.8 cm³/mol. The van der Waals surface area contributed by atoms with Crippen LogP contribution in [-0.4, -0.2) is 15.0 Å². The van der Waals surface area contributed by atoms with Crippen molar-refractivity contribution < 1.29 is 4.74 Å². The Morgan fingerprint density at radius 1 is 1.22 bits per heavy atom. The molecule has 1 heterocycles. The summed E-state index contributed by atoms with van der Waals surface area (Å²) < 4.78 is 5.55. The van der Waals surface area contributed by atoms with Crippen molar-refractivity contribution in [3.05, 3.63) is 47.9 Å². The van der Waals surface area contributed by atoms with Gasteiger partial charge in [-0.1, -0.05) is 31.3 Å². The van der Waals surface area contributed by atoms with Crippen LogP contribution in [0.15, 0.2) is 36.7 Å². The van der Waals surface area contributed by atoms with Gasteiger partial charge in [0.1, 0.15) is 16.4 Å². The summed E-state index contributed by atoms with van der Waals surface area (Å²) in [4.78, 5) is 8.36. The molecule has 18 heavy (non-hydrogen) atoms. The zero-order valence-corrected chi connectivity index (χ0v) is 10.8. The Morgan fingerprint density at radius 3 is 2.44 bits per heavy atom. The first-order valence-electron chi connectivity index (χ1n) is 5.57. The van der Waals surface area contributed by atoms with Crippen LogP contribution >= 0.6 is 12.2 Å². The van der Waals surface area contributed by atoms with Crippen molar-refractivity contribution in [2.45, 2.75) is 13.3 Å². The molecule has 0 bridgehead atoms. The van der Waals surface area contributed by atoms with E-state index in [9.17, 15) is 0 Å². The molecule has 0 atom stereocenters. The minimum atomic E-state index is 0.223. The van der Waals surface area contributed by atoms with Gasteiger partial charge in [0.05, 0.1) is 12.4 Å². The third-order valence-electron chi connectivity index (χ3n) is 2.43. The summed E-state index contributed by atoms with van der Waals surface area (Å²) >= 11 is 4.80. The van der Waals surface area contributed by atoms with Crippen molar-refractivity contribution in [1.29, 1.82) is 0 Å². The Labute approximate surface area is 111 Å². The fourth-order valence-corrected chi connectivity index (χ4v) is 1.52. The van der Waals surface area contributed by atoms with Crippen molar-refractivity contribution in [3.8, 4) is 11.6 Å². The van der Waals surface area contributed by atoms with E-state index in [0.717, 1.165) is 12.2 Å². The van der Waals surface area contributed by atoms with Crippen molar-refractivity contribution in [3.63, 3.8) is 0 Å². The summed E-state index contributed by atoms with van der Waals surface area (Å²) in [6.45, 7) is 2.11. The lowest BCUT2D eigenvalue weighted by molar-refractivity contribution is 0.460. The highest BCUT2D eigenvalue weighted by Crippen LogP contribution is 2.19. The molecule has 5 heteroatoms. The number of ether oxygens (including phenoxy) is 1. The molecule has 0 aliphatic heterocycles. The van der Waals surface area contributed by atoms with Gasteiger partial charge >= 0.3 is 0 Å². The maximum atomic E-state index is 5.55. The quantitative estimate of drug-likeness (QED) is 0.855. The van der Waals surface area contributed by atoms with Gasteiger partial charge in [-0.25, -0.2) is 9.97 Å². The number of nitrogens with zero attached hydrogens (tertiary/aromatic N) is 2. The molecule has 4 nitrogen and oxygen atoms in total. The molecule has 2 N–H and O–H groups in total. The van der Waals surface area contributed by atoms with Crippen LogP contribution in [0.25, 0.3) is 0 Å². The van der Waals surface area contributed by atoms with Gasteiger partial charge in [0.25, 0.3) is 0 Å². The van der Waals surface area contributed by atoms with E-state index in [1.807, 2.05) is 24.3 Å². The van der Waals surface area contributed by atoms with E-state index < -0.39 is 0 Å². The standard InChI is InChI=1S/C13H13N3OS/c1-2-9-3-5-10(6-4-9)17-12-8-15-11(7-16-12)13(14)18/h3-8H,2H2,1H3,(H2,14,18). The fraction of sp³-hybridized carbons (Fsp3) is 0.154. The lowest BCUT2D eigenvalue weighted by atomic mass is 10.2. The number of nitrogens with two attached hydrogens (primary N) is 1. The average Bonchev–Trinajstić information content (AvgIpc) is 2.40. The van der Waals surface area contributed by atoms with Crippen molar-refractivity contribution in [1.82, 2.24) is 9.97 Å². The highest BCUT2D eigenvalue weighted by atomic mass is 32.1. The Kier molecular flexibility index (Phi) is 3.84. The second kappa shape index (κ2) is 5.55. The molecular formula is C13H13N3OS. The van der Waals surface area contributed by atoms with Crippen molar-refractivity contribution in [2.75, 3.05) is 0 Å². The van der Waals surface area contributed by atoms with E-state index in [1.165, 1.54) is 18.0 Å². The Hall–Kier alpha value is -2.01. The molecule has 0 saturated heterocycles. The topological polar surface area (TPSA) is 61.0 Å². The van der Waals surface area contributed by atoms with Gasteiger partial charge < -0.3 is 10.5 Å². The SMILES string of the molecule is CCc1ccc(Oc2cnc(C(N)=S)cn2)cc1. The lowest BCUT2D eigenvalue weighted by Crippen LogP contribution is -2.11. The summed E-state index contributed by atoms with van der Waals surface area (Å²) in [5.41, 5.74) is 7.18. The van der Waals surface area contributed by atoms with Crippen LogP contribution in [0, 0.1) is 0 Å². The first-order valence-corrected chi connectivity index (χ1v) is 5.98. The lowest BCUT2D eigenvalue weighted by Gasteiger charge is -2.05. The number of aryl methyl sites for hydroxylation is 1. The van der Waals surface area contributed by atoms with Crippen LogP contribution in [0.2, 0.25) is 0 Å². The average molecular weight is 259 g/mol. The molecule has 0 aliphatic carbocycles. The molecule has 0 amide bonds. The zero-order valence-electron chi connectivity index (χ0n) is 9.96. The van der Waals surface area contributed by atoms with E-state index in [2.05, 4.69) is 16.9 Å². The second-order valence-corrected chi connectivity index (χ2v) is 4.14. The van der Waals surface area contributed by atoms with Crippen LogP contribution in [0.4, 0.5) is 0 Å². The summed E-state index contributed by atoms with van der Waals surface area (Å²) in [6, 6.07) is 7.85. The molecular weight excluding hydrogens is 246 g/mol. The summed E-state index contributed by atoms with van der Waals surface area (Å²) in [7, 11) is 0. The van der Waals surface area contributed by atoms with Gasteiger partial charge in [-0.15, -0.1) is 0 Å². The largest absolute Gasteiger partial charge is 0.438 e. The normalized spacial score (nSPS) is 10.1. The molecule has 92 valence electrons. The molecule has 1 aromatic heterocycles. The van der Waals surface area contributed by atoms with Crippen LogP contribution in [0.5, 0.6) is 11.6 Å². The first kappa shape index (κ1) is 12.4. The molecule has 0 radical (unpaired) electrons. The number of hydrogen-bond acceptors (Lipinski definition) is 4. The van der Waals surface area contributed by atoms with Gasteiger partial charge in [0, 0.05) is 0 Å². The minimum absolute atomic E-state index is 0.223. The van der Waals surface area contributed by atoms with E-state index in [4.69, 9.17) is 22.7 Å². The molecule has 0 aliphatic rings. The first-order chi connectivity index (χ1) is 8.69. The monoisotopic (exact) mass is 259 g/mol. The van der Waals surface area contributed by atoms with Gasteiger partial charge in [0.15, 0.2) is 0 Å². The molecule has 0 spiro atoms. The van der Waals surface area contributed by atoms with E-state index in [-0.39, 0.29) is 4.99 Å². The molecule has 2 aromatic rings. The van der Waals surface area contributed by atoms with Crippen LogP contribution < -0.4 is 10.5 Å².